The molecule has 0 aliphatic carbocycles. The van der Waals surface area contributed by atoms with Gasteiger partial charge in [0.25, 0.3) is 0 Å². The van der Waals surface area contributed by atoms with Crippen molar-refractivity contribution in [1.29, 1.82) is 0 Å². The van der Waals surface area contributed by atoms with Crippen LogP contribution in [0.15, 0.2) is 48.5 Å². The molecule has 0 fully saturated rings. The van der Waals surface area contributed by atoms with Gasteiger partial charge in [0.15, 0.2) is 0 Å². The van der Waals surface area contributed by atoms with E-state index in [0.29, 0.717) is 38.9 Å². The molecule has 0 radical (unpaired) electrons. The van der Waals surface area contributed by atoms with Crippen molar-refractivity contribution < 1.29 is 9.59 Å². The zero-order valence-corrected chi connectivity index (χ0v) is 17.5. The molecule has 0 spiro atoms. The number of amides is 2. The van der Waals surface area contributed by atoms with Crippen LogP contribution in [0.5, 0.6) is 0 Å². The number of hydrogen-bond donors (Lipinski definition) is 5. The first-order valence-corrected chi connectivity index (χ1v) is 10.8. The third kappa shape index (κ3) is 5.24. The van der Waals surface area contributed by atoms with Crippen LogP contribution < -0.4 is 21.7 Å². The van der Waals surface area contributed by atoms with E-state index in [-0.39, 0.29) is 17.9 Å². The Hall–Kier alpha value is -3.32. The number of rotatable bonds is 8. The summed E-state index contributed by atoms with van der Waals surface area (Å²) in [6.07, 6.45) is 2.44. The molecule has 1 atom stereocenters. The van der Waals surface area contributed by atoms with Gasteiger partial charge in [-0.05, 0) is 48.6 Å². The average Bonchev–Trinajstić information content (AvgIpc) is 3.16. The minimum absolute atomic E-state index is 0.00363. The summed E-state index contributed by atoms with van der Waals surface area (Å²) in [6, 6.07) is 15.6. The second-order valence-electron chi connectivity index (χ2n) is 8.00. The van der Waals surface area contributed by atoms with Gasteiger partial charge in [-0.15, -0.1) is 0 Å². The van der Waals surface area contributed by atoms with Crippen molar-refractivity contribution in [1.82, 2.24) is 20.9 Å². The number of carbonyl (C=O) groups is 2. The number of para-hydroxylation sites is 1. The lowest BCUT2D eigenvalue weighted by Crippen LogP contribution is -2.47. The molecule has 2 aromatic carbocycles. The summed E-state index contributed by atoms with van der Waals surface area (Å²) in [6.45, 7) is 1.73. The van der Waals surface area contributed by atoms with Crippen LogP contribution in [0.3, 0.4) is 0 Å². The molecule has 2 heterocycles. The highest BCUT2D eigenvalue weighted by Crippen LogP contribution is 2.26. The van der Waals surface area contributed by atoms with Gasteiger partial charge < -0.3 is 21.4 Å². The van der Waals surface area contributed by atoms with Gasteiger partial charge in [0.1, 0.15) is 0 Å². The Labute approximate surface area is 181 Å². The van der Waals surface area contributed by atoms with E-state index >= 15 is 0 Å². The Kier molecular flexibility index (Phi) is 6.52. The predicted molar refractivity (Wildman–Crippen MR) is 122 cm³/mol. The second kappa shape index (κ2) is 9.66. The number of anilines is 1. The maximum Gasteiger partial charge on any atom is 0.237 e. The summed E-state index contributed by atoms with van der Waals surface area (Å²) in [4.78, 5) is 28.0. The molecular weight excluding hydrogens is 390 g/mol. The Morgan fingerprint density at radius 2 is 1.84 bits per heavy atom. The van der Waals surface area contributed by atoms with Gasteiger partial charge in [0.05, 0.1) is 6.04 Å². The second-order valence-corrected chi connectivity index (χ2v) is 8.00. The van der Waals surface area contributed by atoms with Gasteiger partial charge in [-0.2, -0.15) is 0 Å². The largest absolute Gasteiger partial charge is 0.399 e. The molecule has 31 heavy (non-hydrogen) atoms. The number of H-pyrrole nitrogens is 1. The Morgan fingerprint density at radius 1 is 1.03 bits per heavy atom. The Morgan fingerprint density at radius 3 is 2.68 bits per heavy atom. The third-order valence-electron chi connectivity index (χ3n) is 5.75. The quantitative estimate of drug-likeness (QED) is 0.284. The molecule has 1 aliphatic heterocycles. The van der Waals surface area contributed by atoms with Crippen molar-refractivity contribution >= 4 is 28.4 Å². The zero-order valence-electron chi connectivity index (χ0n) is 17.5. The first-order chi connectivity index (χ1) is 15.1. The molecule has 0 saturated heterocycles. The lowest BCUT2D eigenvalue weighted by atomic mass is 9.98. The zero-order chi connectivity index (χ0) is 21.6. The fraction of sp³-hybridized carbons (Fsp3) is 0.333. The number of benzene rings is 2. The van der Waals surface area contributed by atoms with E-state index in [0.717, 1.165) is 28.9 Å². The molecule has 162 valence electrons. The number of nitrogen functional groups attached to an aromatic ring is 1. The minimum atomic E-state index is -0.250. The highest BCUT2D eigenvalue weighted by Gasteiger charge is 2.26. The number of aromatic nitrogens is 1. The van der Waals surface area contributed by atoms with Crippen LogP contribution >= 0.6 is 0 Å². The third-order valence-corrected chi connectivity index (χ3v) is 5.75. The van der Waals surface area contributed by atoms with Crippen LogP contribution in [0.25, 0.3) is 10.9 Å². The van der Waals surface area contributed by atoms with Crippen LogP contribution in [-0.2, 0) is 29.0 Å². The van der Waals surface area contributed by atoms with Gasteiger partial charge in [-0.1, -0.05) is 30.3 Å². The molecule has 6 N–H and O–H groups in total. The Bertz CT molecular complexity index is 1060. The van der Waals surface area contributed by atoms with Gasteiger partial charge in [0, 0.05) is 48.3 Å². The fourth-order valence-corrected chi connectivity index (χ4v) is 4.03. The first-order valence-electron chi connectivity index (χ1n) is 10.8. The summed E-state index contributed by atoms with van der Waals surface area (Å²) in [5, 5.41) is 10.4. The van der Waals surface area contributed by atoms with Crippen LogP contribution in [0.1, 0.15) is 29.7 Å². The molecule has 0 bridgehead atoms. The first kappa shape index (κ1) is 20.9. The highest BCUT2D eigenvalue weighted by atomic mass is 16.2. The minimum Gasteiger partial charge on any atom is -0.399 e. The van der Waals surface area contributed by atoms with Crippen LogP contribution in [0, 0.1) is 0 Å². The van der Waals surface area contributed by atoms with E-state index in [2.05, 4.69) is 33.1 Å². The molecular formula is C24H29N5O2. The topological polar surface area (TPSA) is 112 Å². The lowest BCUT2D eigenvalue weighted by Gasteiger charge is -2.23. The SMILES string of the molecule is Nc1ccc(CCNC(=O)CCCNC(=O)C2Cc3c([nH]c4ccccc34)CN2)cc1. The van der Waals surface area contributed by atoms with Crippen molar-refractivity contribution in [3.63, 3.8) is 0 Å². The van der Waals surface area contributed by atoms with Crippen molar-refractivity contribution in [3.05, 3.63) is 65.4 Å². The number of hydrogen-bond acceptors (Lipinski definition) is 4. The van der Waals surface area contributed by atoms with E-state index in [1.54, 1.807) is 0 Å². The molecule has 1 aliphatic rings. The van der Waals surface area contributed by atoms with E-state index in [9.17, 15) is 9.59 Å². The summed E-state index contributed by atoms with van der Waals surface area (Å²) < 4.78 is 0. The molecule has 7 heteroatoms. The van der Waals surface area contributed by atoms with Crippen molar-refractivity contribution in [2.75, 3.05) is 18.8 Å². The van der Waals surface area contributed by atoms with Crippen LogP contribution in [-0.4, -0.2) is 35.9 Å². The van der Waals surface area contributed by atoms with E-state index in [1.807, 2.05) is 36.4 Å². The standard InChI is InChI=1S/C24H29N5O2/c25-17-9-7-16(8-10-17)11-13-26-23(30)6-3-12-27-24(31)21-14-19-18-4-1-2-5-20(18)29-22(19)15-28-21/h1-2,4-5,7-10,21,28-29H,3,6,11-15,25H2,(H,26,30)(H,27,31). The highest BCUT2D eigenvalue weighted by molar-refractivity contribution is 5.88. The summed E-state index contributed by atoms with van der Waals surface area (Å²) >= 11 is 0. The average molecular weight is 420 g/mol. The summed E-state index contributed by atoms with van der Waals surface area (Å²) in [7, 11) is 0. The monoisotopic (exact) mass is 419 g/mol. The molecule has 7 nitrogen and oxygen atoms in total. The van der Waals surface area contributed by atoms with Gasteiger partial charge in [0.2, 0.25) is 11.8 Å². The molecule has 2 amide bonds. The summed E-state index contributed by atoms with van der Waals surface area (Å²) in [5.41, 5.74) is 11.0. The van der Waals surface area contributed by atoms with E-state index < -0.39 is 0 Å². The van der Waals surface area contributed by atoms with Gasteiger partial charge >= 0.3 is 0 Å². The van der Waals surface area contributed by atoms with Crippen LogP contribution in [0.2, 0.25) is 0 Å². The maximum absolute atomic E-state index is 12.6. The molecule has 0 saturated carbocycles. The van der Waals surface area contributed by atoms with Crippen molar-refractivity contribution in [2.24, 2.45) is 0 Å². The lowest BCUT2D eigenvalue weighted by molar-refractivity contribution is -0.124. The van der Waals surface area contributed by atoms with Gasteiger partial charge in [-0.3, -0.25) is 14.9 Å². The van der Waals surface area contributed by atoms with Crippen molar-refractivity contribution in [2.45, 2.75) is 38.3 Å². The maximum atomic E-state index is 12.6. The van der Waals surface area contributed by atoms with E-state index in [1.165, 1.54) is 10.9 Å². The predicted octanol–water partition coefficient (Wildman–Crippen LogP) is 2.02. The molecule has 1 aromatic heterocycles. The molecule has 3 aromatic rings. The molecule has 1 unspecified atom stereocenters. The summed E-state index contributed by atoms with van der Waals surface area (Å²) in [5.74, 6) is -0.0105. The normalized spacial score (nSPS) is 15.4. The van der Waals surface area contributed by atoms with Crippen LogP contribution in [0.4, 0.5) is 5.69 Å². The number of carbonyl (C=O) groups excluding carboxylic acids is 2. The number of fused-ring (bicyclic) bond motifs is 3. The fourth-order valence-electron chi connectivity index (χ4n) is 4.03. The molecule has 4 rings (SSSR count). The Balaban J connectivity index is 1.15. The number of nitrogens with two attached hydrogens (primary N) is 1. The smallest absolute Gasteiger partial charge is 0.237 e. The van der Waals surface area contributed by atoms with Crippen molar-refractivity contribution in [3.8, 4) is 0 Å². The van der Waals surface area contributed by atoms with E-state index in [4.69, 9.17) is 5.73 Å². The number of nitrogens with one attached hydrogen (secondary N) is 4. The number of aromatic amines is 1. The van der Waals surface area contributed by atoms with Gasteiger partial charge in [-0.25, -0.2) is 0 Å².